The number of imidazole rings is 1. The molecule has 15 heteroatoms. The van der Waals surface area contributed by atoms with E-state index in [1.54, 1.807) is 9.47 Å². The molecule has 4 N–H and O–H groups in total. The van der Waals surface area contributed by atoms with Crippen LogP contribution in [0.2, 0.25) is 0 Å². The summed E-state index contributed by atoms with van der Waals surface area (Å²) in [5.41, 5.74) is 11.8. The maximum atomic E-state index is 14.9. The molecule has 0 amide bonds. The molecule has 0 bridgehead atoms. The van der Waals surface area contributed by atoms with E-state index in [-0.39, 0.29) is 42.3 Å². The second-order valence-electron chi connectivity index (χ2n) is 9.60. The Balaban J connectivity index is 1.60. The average Bonchev–Trinajstić information content (AvgIpc) is 3.32. The first-order chi connectivity index (χ1) is 18.9. The second kappa shape index (κ2) is 10.0. The van der Waals surface area contributed by atoms with E-state index in [2.05, 4.69) is 19.9 Å². The van der Waals surface area contributed by atoms with Crippen molar-refractivity contribution < 1.29 is 27.1 Å². The molecule has 1 fully saturated rings. The van der Waals surface area contributed by atoms with Gasteiger partial charge in [0.05, 0.1) is 43.1 Å². The van der Waals surface area contributed by atoms with Crippen LogP contribution in [0.15, 0.2) is 37.1 Å². The number of Topliss-reactive ketones (excluding diaryl/α,β-unsaturated/α-hetero) is 1. The number of rotatable bonds is 7. The lowest BCUT2D eigenvalue weighted by atomic mass is 9.77. The Morgan fingerprint density at radius 3 is 2.67 bits per heavy atom. The number of carbonyl (C=O) groups is 1. The molecule has 3 aromatic heterocycles. The normalized spacial score (nSPS) is 17.8. The number of nitrogen functional groups attached to an aromatic ring is 1. The molecule has 4 aromatic rings. The van der Waals surface area contributed by atoms with Crippen molar-refractivity contribution in [2.24, 2.45) is 5.73 Å². The number of nitrogens with two attached hydrogens (primary N) is 2. The lowest BCUT2D eigenvalue weighted by Gasteiger charge is -2.42. The third-order valence-corrected chi connectivity index (χ3v) is 6.87. The summed E-state index contributed by atoms with van der Waals surface area (Å²) in [5, 5.41) is 0. The fourth-order valence-electron chi connectivity index (χ4n) is 4.93. The highest BCUT2D eigenvalue weighted by molar-refractivity contribution is 6.28. The van der Waals surface area contributed by atoms with Crippen LogP contribution in [0.3, 0.4) is 0 Å². The zero-order valence-corrected chi connectivity index (χ0v) is 21.2. The molecule has 1 aliphatic heterocycles. The SMILES string of the molecule is [B]C(F)(F)C(=O)C1(N)CCCN(c2cnc(-c3cc(F)c(OC)cc3F)cc2Cn2cnc3c(N)ncnc32)C1. The number of fused-ring (bicyclic) bond motifs is 1. The molecule has 10 nitrogen and oxygen atoms in total. The highest BCUT2D eigenvalue weighted by Crippen LogP contribution is 2.34. The van der Waals surface area contributed by atoms with Crippen LogP contribution in [0.25, 0.3) is 22.4 Å². The Bertz CT molecular complexity index is 1610. The fraction of sp³-hybridized carbons (Fsp3) is 0.320. The van der Waals surface area contributed by atoms with Crippen LogP contribution in [0.4, 0.5) is 29.1 Å². The molecule has 5 rings (SSSR count). The molecule has 40 heavy (non-hydrogen) atoms. The van der Waals surface area contributed by atoms with Gasteiger partial charge in [0.1, 0.15) is 17.7 Å². The van der Waals surface area contributed by atoms with Gasteiger partial charge in [0, 0.05) is 24.7 Å². The van der Waals surface area contributed by atoms with Crippen molar-refractivity contribution in [2.75, 3.05) is 30.8 Å². The van der Waals surface area contributed by atoms with Gasteiger partial charge in [0.25, 0.3) is 5.82 Å². The molecule has 1 atom stereocenters. The van der Waals surface area contributed by atoms with Crippen LogP contribution >= 0.6 is 0 Å². The minimum Gasteiger partial charge on any atom is -0.494 e. The van der Waals surface area contributed by atoms with Crippen LogP contribution in [0, 0.1) is 11.6 Å². The summed E-state index contributed by atoms with van der Waals surface area (Å²) < 4.78 is 63.4. The van der Waals surface area contributed by atoms with Crippen molar-refractivity contribution in [3.8, 4) is 17.0 Å². The number of halogens is 4. The summed E-state index contributed by atoms with van der Waals surface area (Å²) in [4.78, 5) is 30.8. The predicted molar refractivity (Wildman–Crippen MR) is 139 cm³/mol. The maximum absolute atomic E-state index is 14.9. The molecular weight excluding hydrogens is 531 g/mol. The van der Waals surface area contributed by atoms with Crippen LogP contribution in [0.5, 0.6) is 5.75 Å². The Kier molecular flexibility index (Phi) is 6.86. The number of hydrogen-bond donors (Lipinski definition) is 2. The van der Waals surface area contributed by atoms with Crippen LogP contribution in [0.1, 0.15) is 18.4 Å². The van der Waals surface area contributed by atoms with Crippen molar-refractivity contribution in [1.29, 1.82) is 0 Å². The summed E-state index contributed by atoms with van der Waals surface area (Å²) in [6, 6.07) is 3.41. The van der Waals surface area contributed by atoms with E-state index in [9.17, 15) is 22.4 Å². The summed E-state index contributed by atoms with van der Waals surface area (Å²) in [6.07, 6.45) is 4.47. The van der Waals surface area contributed by atoms with Crippen molar-refractivity contribution in [3.63, 3.8) is 0 Å². The summed E-state index contributed by atoms with van der Waals surface area (Å²) >= 11 is 0. The van der Waals surface area contributed by atoms with Gasteiger partial charge in [-0.25, -0.2) is 32.5 Å². The highest BCUT2D eigenvalue weighted by Gasteiger charge is 2.48. The summed E-state index contributed by atoms with van der Waals surface area (Å²) in [5.74, 6) is -7.33. The van der Waals surface area contributed by atoms with E-state index in [0.717, 1.165) is 12.1 Å². The summed E-state index contributed by atoms with van der Waals surface area (Å²) in [6.45, 7) is 0.187. The number of anilines is 2. The third-order valence-electron chi connectivity index (χ3n) is 6.87. The van der Waals surface area contributed by atoms with Crippen molar-refractivity contribution in [1.82, 2.24) is 24.5 Å². The Morgan fingerprint density at radius 2 is 1.95 bits per heavy atom. The standard InChI is InChI=1S/C25H23BF4N8O2/c1-40-19-7-15(27)14(6-16(19)28)17-5-13(9-38-12-36-20-21(31)34-11-35-22(20)38)18(8-33-17)37-4-2-3-24(32,10-37)23(39)25(26,29)30/h5-8,11-12H,2-4,9-10,32H2,1H3,(H2,31,34,35). The topological polar surface area (TPSA) is 138 Å². The Morgan fingerprint density at radius 1 is 1.18 bits per heavy atom. The Labute approximate surface area is 226 Å². The van der Waals surface area contributed by atoms with Crippen LogP contribution in [-0.4, -0.2) is 69.7 Å². The minimum absolute atomic E-state index is 0.00859. The van der Waals surface area contributed by atoms with Gasteiger partial charge in [-0.2, -0.15) is 0 Å². The number of methoxy groups -OCH3 is 1. The second-order valence-corrected chi connectivity index (χ2v) is 9.60. The number of hydrogen-bond acceptors (Lipinski definition) is 9. The monoisotopic (exact) mass is 554 g/mol. The van der Waals surface area contributed by atoms with Crippen molar-refractivity contribution in [2.45, 2.75) is 30.7 Å². The van der Waals surface area contributed by atoms with Crippen LogP contribution < -0.4 is 21.1 Å². The maximum Gasteiger partial charge on any atom is 0.257 e. The van der Waals surface area contributed by atoms with Gasteiger partial charge >= 0.3 is 0 Å². The van der Waals surface area contributed by atoms with E-state index >= 15 is 0 Å². The molecule has 1 unspecified atom stereocenters. The molecule has 1 aromatic carbocycles. The van der Waals surface area contributed by atoms with E-state index in [1.807, 2.05) is 0 Å². The summed E-state index contributed by atoms with van der Waals surface area (Å²) in [7, 11) is 6.01. The quantitative estimate of drug-likeness (QED) is 0.261. The molecule has 4 heterocycles. The van der Waals surface area contributed by atoms with Crippen molar-refractivity contribution >= 4 is 36.3 Å². The van der Waals surface area contributed by atoms with E-state index < -0.39 is 28.8 Å². The van der Waals surface area contributed by atoms with Gasteiger partial charge in [-0.1, -0.05) is 0 Å². The lowest BCUT2D eigenvalue weighted by molar-refractivity contribution is -0.139. The Hall–Kier alpha value is -4.27. The van der Waals surface area contributed by atoms with Gasteiger partial charge in [-0.15, -0.1) is 0 Å². The number of nitrogens with zero attached hydrogens (tertiary/aromatic N) is 6. The number of benzene rings is 1. The van der Waals surface area contributed by atoms with Gasteiger partial charge < -0.3 is 25.7 Å². The third kappa shape index (κ3) is 4.92. The zero-order valence-electron chi connectivity index (χ0n) is 21.2. The highest BCUT2D eigenvalue weighted by atomic mass is 19.3. The first-order valence-corrected chi connectivity index (χ1v) is 12.1. The minimum atomic E-state index is -4.10. The molecule has 0 spiro atoms. The number of ether oxygens (including phenoxy) is 1. The van der Waals surface area contributed by atoms with E-state index in [1.165, 1.54) is 32.0 Å². The molecule has 2 radical (unpaired) electrons. The van der Waals surface area contributed by atoms with Gasteiger partial charge in [0.2, 0.25) is 5.78 Å². The number of piperidine rings is 1. The number of ketones is 1. The number of carbonyl (C=O) groups excluding carboxylic acids is 1. The van der Waals surface area contributed by atoms with Gasteiger partial charge in [0.15, 0.2) is 30.9 Å². The smallest absolute Gasteiger partial charge is 0.257 e. The molecule has 206 valence electrons. The number of aromatic nitrogens is 5. The number of pyridine rings is 1. The van der Waals surface area contributed by atoms with Gasteiger partial charge in [-0.05, 0) is 30.5 Å². The zero-order chi connectivity index (χ0) is 28.8. The molecule has 1 aliphatic rings. The van der Waals surface area contributed by atoms with Gasteiger partial charge in [-0.3, -0.25) is 9.78 Å². The fourth-order valence-corrected chi connectivity index (χ4v) is 4.93. The first-order valence-electron chi connectivity index (χ1n) is 12.1. The van der Waals surface area contributed by atoms with Crippen molar-refractivity contribution in [3.05, 3.63) is 54.2 Å². The molecule has 1 saturated heterocycles. The van der Waals surface area contributed by atoms with Crippen LogP contribution in [-0.2, 0) is 11.3 Å². The lowest BCUT2D eigenvalue weighted by Crippen LogP contribution is -2.63. The predicted octanol–water partition coefficient (Wildman–Crippen LogP) is 2.43. The van der Waals surface area contributed by atoms with E-state index in [0.29, 0.717) is 35.4 Å². The van der Waals surface area contributed by atoms with E-state index in [4.69, 9.17) is 24.1 Å². The molecule has 0 saturated carbocycles. The molecular formula is C25H23BF4N8O2. The molecule has 0 aliphatic carbocycles. The largest absolute Gasteiger partial charge is 0.494 e. The average molecular weight is 554 g/mol. The first kappa shape index (κ1) is 27.3. The number of alkyl halides is 2.